The van der Waals surface area contributed by atoms with Gasteiger partial charge in [-0.1, -0.05) is 11.6 Å². The molecule has 10 heteroatoms. The van der Waals surface area contributed by atoms with Crippen LogP contribution in [0.5, 0.6) is 0 Å². The fourth-order valence-corrected chi connectivity index (χ4v) is 7.25. The van der Waals surface area contributed by atoms with E-state index in [0.717, 1.165) is 30.7 Å². The van der Waals surface area contributed by atoms with Crippen LogP contribution < -0.4 is 0 Å². The number of hydrogen-bond donors (Lipinski definition) is 0. The molecule has 1 atom stereocenters. The van der Waals surface area contributed by atoms with Crippen LogP contribution in [0.4, 0.5) is 0 Å². The number of rotatable bonds is 5. The number of aryl methyl sites for hydroxylation is 1. The Labute approximate surface area is 180 Å². The van der Waals surface area contributed by atoms with Crippen molar-refractivity contribution in [2.45, 2.75) is 23.1 Å². The van der Waals surface area contributed by atoms with Gasteiger partial charge in [-0.05, 0) is 43.7 Å². The molecule has 7 nitrogen and oxygen atoms in total. The van der Waals surface area contributed by atoms with Gasteiger partial charge in [0.15, 0.2) is 0 Å². The Morgan fingerprint density at radius 1 is 1.17 bits per heavy atom. The molecule has 1 amide bonds. The summed E-state index contributed by atoms with van der Waals surface area (Å²) in [5.41, 5.74) is 1.24. The Morgan fingerprint density at radius 2 is 1.93 bits per heavy atom. The molecule has 2 aliphatic heterocycles. The zero-order chi connectivity index (χ0) is 20.6. The maximum absolute atomic E-state index is 12.9. The molecule has 0 aromatic carbocycles. The third kappa shape index (κ3) is 4.25. The van der Waals surface area contributed by atoms with Crippen molar-refractivity contribution < 1.29 is 13.2 Å². The summed E-state index contributed by atoms with van der Waals surface area (Å²) in [7, 11) is -1.50. The number of sulfonamides is 1. The number of amides is 1. The number of carbonyl (C=O) groups excluding carboxylic acids is 1. The first-order valence-electron chi connectivity index (χ1n) is 9.75. The highest BCUT2D eigenvalue weighted by molar-refractivity contribution is 7.91. The molecule has 2 aliphatic rings. The van der Waals surface area contributed by atoms with Crippen molar-refractivity contribution in [1.29, 1.82) is 0 Å². The van der Waals surface area contributed by atoms with Crippen LogP contribution in [0.15, 0.2) is 34.7 Å². The summed E-state index contributed by atoms with van der Waals surface area (Å²) in [4.78, 5) is 16.9. The second-order valence-electron chi connectivity index (χ2n) is 7.52. The van der Waals surface area contributed by atoms with Crippen molar-refractivity contribution in [1.82, 2.24) is 18.7 Å². The molecular weight excluding hydrogens is 432 g/mol. The smallest absolute Gasteiger partial charge is 0.252 e. The topological polar surface area (TPSA) is 65.9 Å². The highest BCUT2D eigenvalue weighted by Crippen LogP contribution is 2.32. The lowest BCUT2D eigenvalue weighted by Crippen LogP contribution is -2.52. The first-order valence-corrected chi connectivity index (χ1v) is 12.4. The summed E-state index contributed by atoms with van der Waals surface area (Å²) in [5.74, 6) is 0.0716. The van der Waals surface area contributed by atoms with Crippen LogP contribution >= 0.6 is 22.9 Å². The number of piperazine rings is 1. The molecule has 0 N–H and O–H groups in total. The van der Waals surface area contributed by atoms with E-state index in [1.807, 2.05) is 19.3 Å². The number of thiophene rings is 1. The highest BCUT2D eigenvalue weighted by atomic mass is 35.5. The normalized spacial score (nSPS) is 21.7. The lowest BCUT2D eigenvalue weighted by atomic mass is 10.1. The molecule has 0 spiro atoms. The molecule has 2 aromatic rings. The van der Waals surface area contributed by atoms with Gasteiger partial charge in [0, 0.05) is 45.1 Å². The Bertz CT molecular complexity index is 979. The van der Waals surface area contributed by atoms with Gasteiger partial charge in [0.05, 0.1) is 16.9 Å². The first kappa shape index (κ1) is 20.9. The summed E-state index contributed by atoms with van der Waals surface area (Å²) in [5, 5.41) is 0. The maximum Gasteiger partial charge on any atom is 0.252 e. The molecule has 0 aliphatic carbocycles. The molecule has 4 heterocycles. The zero-order valence-electron chi connectivity index (χ0n) is 16.3. The average Bonchev–Trinajstić information content (AvgIpc) is 3.43. The molecule has 158 valence electrons. The summed E-state index contributed by atoms with van der Waals surface area (Å²) in [6.07, 6.45) is 4.17. The van der Waals surface area contributed by atoms with E-state index in [1.54, 1.807) is 11.0 Å². The van der Waals surface area contributed by atoms with Crippen LogP contribution in [0.3, 0.4) is 0 Å². The number of hydrogen-bond acceptors (Lipinski definition) is 5. The predicted octanol–water partition coefficient (Wildman–Crippen LogP) is 2.41. The minimum Gasteiger partial charge on any atom is -0.353 e. The van der Waals surface area contributed by atoms with Crippen molar-refractivity contribution in [3.63, 3.8) is 0 Å². The monoisotopic (exact) mass is 456 g/mol. The van der Waals surface area contributed by atoms with Crippen molar-refractivity contribution in [2.24, 2.45) is 7.05 Å². The standard InChI is InChI=1S/C19H25ClN4O3S2/c1-21-8-2-4-15(21)16-5-3-9-23(16)14-18(25)22-10-12-24(13-11-22)29(26,27)19-7-6-17(20)28-19/h2,4,6-8,16H,3,5,9-14H2,1H3. The molecule has 4 rings (SSSR count). The van der Waals surface area contributed by atoms with E-state index in [0.29, 0.717) is 37.1 Å². The second-order valence-corrected chi connectivity index (χ2v) is 11.4. The number of carbonyl (C=O) groups is 1. The van der Waals surface area contributed by atoms with Gasteiger partial charge in [0.1, 0.15) is 4.21 Å². The van der Waals surface area contributed by atoms with E-state index >= 15 is 0 Å². The van der Waals surface area contributed by atoms with E-state index in [1.165, 1.54) is 16.1 Å². The Morgan fingerprint density at radius 3 is 2.55 bits per heavy atom. The van der Waals surface area contributed by atoms with E-state index in [4.69, 9.17) is 11.6 Å². The van der Waals surface area contributed by atoms with Gasteiger partial charge in [-0.15, -0.1) is 11.3 Å². The van der Waals surface area contributed by atoms with E-state index < -0.39 is 10.0 Å². The summed E-state index contributed by atoms with van der Waals surface area (Å²) >= 11 is 6.95. The van der Waals surface area contributed by atoms with E-state index in [2.05, 4.69) is 15.5 Å². The minimum absolute atomic E-state index is 0.0716. The van der Waals surface area contributed by atoms with E-state index in [-0.39, 0.29) is 16.2 Å². The van der Waals surface area contributed by atoms with Crippen molar-refractivity contribution >= 4 is 38.9 Å². The molecule has 0 radical (unpaired) electrons. The fraction of sp³-hybridized carbons (Fsp3) is 0.526. The molecule has 1 unspecified atom stereocenters. The predicted molar refractivity (Wildman–Crippen MR) is 114 cm³/mol. The third-order valence-electron chi connectivity index (χ3n) is 5.76. The highest BCUT2D eigenvalue weighted by Gasteiger charge is 2.34. The minimum atomic E-state index is -3.54. The lowest BCUT2D eigenvalue weighted by Gasteiger charge is -2.35. The summed E-state index contributed by atoms with van der Waals surface area (Å²) in [6, 6.07) is 7.56. The van der Waals surface area contributed by atoms with Crippen LogP contribution in [-0.4, -0.2) is 72.3 Å². The van der Waals surface area contributed by atoms with Gasteiger partial charge >= 0.3 is 0 Å². The molecule has 0 saturated carbocycles. The molecule has 2 saturated heterocycles. The Hall–Kier alpha value is -1.39. The van der Waals surface area contributed by atoms with Crippen molar-refractivity contribution in [3.05, 3.63) is 40.5 Å². The van der Waals surface area contributed by atoms with Crippen molar-refractivity contribution in [3.8, 4) is 0 Å². The summed E-state index contributed by atoms with van der Waals surface area (Å²) < 4.78 is 29.7. The largest absolute Gasteiger partial charge is 0.353 e. The molecule has 29 heavy (non-hydrogen) atoms. The van der Waals surface area contributed by atoms with Crippen molar-refractivity contribution in [2.75, 3.05) is 39.3 Å². The Kier molecular flexibility index (Phi) is 6.04. The lowest BCUT2D eigenvalue weighted by molar-refractivity contribution is -0.133. The van der Waals surface area contributed by atoms with Crippen LogP contribution in [0.2, 0.25) is 4.34 Å². The summed E-state index contributed by atoms with van der Waals surface area (Å²) in [6.45, 7) is 2.74. The van der Waals surface area contributed by atoms with Gasteiger partial charge in [-0.25, -0.2) is 8.42 Å². The van der Waals surface area contributed by atoms with Gasteiger partial charge < -0.3 is 9.47 Å². The quantitative estimate of drug-likeness (QED) is 0.693. The second kappa shape index (κ2) is 8.39. The van der Waals surface area contributed by atoms with Crippen LogP contribution in [0, 0.1) is 0 Å². The number of aromatic nitrogens is 1. The van der Waals surface area contributed by atoms with Crippen LogP contribution in [-0.2, 0) is 21.9 Å². The third-order valence-corrected chi connectivity index (χ3v) is 9.36. The maximum atomic E-state index is 12.9. The Balaban J connectivity index is 1.35. The van der Waals surface area contributed by atoms with E-state index in [9.17, 15) is 13.2 Å². The molecule has 0 bridgehead atoms. The van der Waals surface area contributed by atoms with Crippen LogP contribution in [0.1, 0.15) is 24.6 Å². The fourth-order valence-electron chi connectivity index (χ4n) is 4.19. The first-order chi connectivity index (χ1) is 13.9. The van der Waals surface area contributed by atoms with Gasteiger partial charge in [-0.3, -0.25) is 9.69 Å². The molecular formula is C19H25ClN4O3S2. The average molecular weight is 457 g/mol. The van der Waals surface area contributed by atoms with Gasteiger partial charge in [-0.2, -0.15) is 4.31 Å². The molecule has 2 aromatic heterocycles. The number of nitrogens with zero attached hydrogens (tertiary/aromatic N) is 4. The van der Waals surface area contributed by atoms with Gasteiger partial charge in [0.25, 0.3) is 10.0 Å². The number of halogens is 1. The van der Waals surface area contributed by atoms with Crippen LogP contribution in [0.25, 0.3) is 0 Å². The SMILES string of the molecule is Cn1cccc1C1CCCN1CC(=O)N1CCN(S(=O)(=O)c2ccc(Cl)s2)CC1. The van der Waals surface area contributed by atoms with Gasteiger partial charge in [0.2, 0.25) is 5.91 Å². The number of likely N-dealkylation sites (tertiary alicyclic amines) is 1. The zero-order valence-corrected chi connectivity index (χ0v) is 18.7. The molecule has 2 fully saturated rings.